The smallest absolute Gasteiger partial charge is 0.0499 e. The zero-order valence-electron chi connectivity index (χ0n) is 12.8. The molecule has 1 aromatic rings. The molecule has 0 aliphatic carbocycles. The van der Waals surface area contributed by atoms with Crippen molar-refractivity contribution in [3.8, 4) is 0 Å². The van der Waals surface area contributed by atoms with Crippen LogP contribution in [-0.2, 0) is 0 Å². The van der Waals surface area contributed by atoms with Crippen LogP contribution in [-0.4, -0.2) is 35.7 Å². The Morgan fingerprint density at radius 2 is 2.10 bits per heavy atom. The number of hydrogen-bond donors (Lipinski definition) is 2. The normalized spacial score (nSPS) is 23.0. The van der Waals surface area contributed by atoms with E-state index in [0.717, 1.165) is 30.4 Å². The third-order valence-electron chi connectivity index (χ3n) is 4.57. The maximum Gasteiger partial charge on any atom is 0.0499 e. The SMILES string of the molecule is CCC(N)C(c1ccc(Br)cc1)N1CCCC(CCO)C1. The minimum Gasteiger partial charge on any atom is -0.396 e. The molecule has 1 aromatic carbocycles. The highest BCUT2D eigenvalue weighted by molar-refractivity contribution is 9.10. The third-order valence-corrected chi connectivity index (χ3v) is 5.10. The number of nitrogens with zero attached hydrogens (tertiary/aromatic N) is 1. The molecule has 0 spiro atoms. The Morgan fingerprint density at radius 1 is 1.38 bits per heavy atom. The Hall–Kier alpha value is -0.420. The third kappa shape index (κ3) is 4.52. The minimum atomic E-state index is 0.152. The average Bonchev–Trinajstić information content (AvgIpc) is 2.50. The first-order valence-corrected chi connectivity index (χ1v) is 8.81. The second-order valence-electron chi connectivity index (χ2n) is 6.08. The van der Waals surface area contributed by atoms with Gasteiger partial charge >= 0.3 is 0 Å². The molecule has 3 nitrogen and oxygen atoms in total. The minimum absolute atomic E-state index is 0.152. The molecule has 4 heteroatoms. The quantitative estimate of drug-likeness (QED) is 0.823. The molecule has 1 saturated heterocycles. The Balaban J connectivity index is 2.17. The lowest BCUT2D eigenvalue weighted by Gasteiger charge is -2.41. The van der Waals surface area contributed by atoms with Crippen molar-refractivity contribution >= 4 is 15.9 Å². The van der Waals surface area contributed by atoms with Gasteiger partial charge in [-0.15, -0.1) is 0 Å². The lowest BCUT2D eigenvalue weighted by atomic mass is 9.90. The molecule has 3 atom stereocenters. The number of aliphatic hydroxyl groups is 1. The van der Waals surface area contributed by atoms with Crippen molar-refractivity contribution in [3.63, 3.8) is 0 Å². The summed E-state index contributed by atoms with van der Waals surface area (Å²) < 4.78 is 1.10. The van der Waals surface area contributed by atoms with Gasteiger partial charge in [0, 0.05) is 29.7 Å². The summed E-state index contributed by atoms with van der Waals surface area (Å²) in [5.41, 5.74) is 7.74. The highest BCUT2D eigenvalue weighted by Gasteiger charge is 2.29. The van der Waals surface area contributed by atoms with E-state index in [1.807, 2.05) is 0 Å². The van der Waals surface area contributed by atoms with E-state index in [4.69, 9.17) is 5.73 Å². The molecule has 1 aliphatic rings. The second-order valence-corrected chi connectivity index (χ2v) is 7.00. The van der Waals surface area contributed by atoms with Gasteiger partial charge in [0.05, 0.1) is 0 Å². The van der Waals surface area contributed by atoms with Crippen LogP contribution in [0.3, 0.4) is 0 Å². The van der Waals surface area contributed by atoms with Crippen molar-refractivity contribution in [1.29, 1.82) is 0 Å². The fourth-order valence-corrected chi connectivity index (χ4v) is 3.64. The zero-order chi connectivity index (χ0) is 15.2. The topological polar surface area (TPSA) is 49.5 Å². The molecule has 3 unspecified atom stereocenters. The number of nitrogens with two attached hydrogens (primary N) is 1. The van der Waals surface area contributed by atoms with Gasteiger partial charge in [-0.05, 0) is 55.8 Å². The number of rotatable bonds is 6. The first kappa shape index (κ1) is 16.9. The predicted molar refractivity (Wildman–Crippen MR) is 91.1 cm³/mol. The number of aliphatic hydroxyl groups excluding tert-OH is 1. The van der Waals surface area contributed by atoms with Gasteiger partial charge in [-0.25, -0.2) is 0 Å². The van der Waals surface area contributed by atoms with Crippen molar-refractivity contribution in [1.82, 2.24) is 4.90 Å². The largest absolute Gasteiger partial charge is 0.396 e. The van der Waals surface area contributed by atoms with Crippen LogP contribution in [0.25, 0.3) is 0 Å². The molecule has 0 bridgehead atoms. The predicted octanol–water partition coefficient (Wildman–Crippen LogP) is 3.32. The molecular formula is C17H27BrN2O. The van der Waals surface area contributed by atoms with E-state index in [0.29, 0.717) is 12.5 Å². The first-order valence-electron chi connectivity index (χ1n) is 8.01. The van der Waals surface area contributed by atoms with Crippen LogP contribution in [0.5, 0.6) is 0 Å². The highest BCUT2D eigenvalue weighted by atomic mass is 79.9. The number of halogens is 1. The summed E-state index contributed by atoms with van der Waals surface area (Å²) in [4.78, 5) is 2.53. The fourth-order valence-electron chi connectivity index (χ4n) is 3.38. The standard InChI is InChI=1S/C17H27BrN2O/c1-2-16(19)17(14-5-7-15(18)8-6-14)20-10-3-4-13(12-20)9-11-21/h5-8,13,16-17,21H,2-4,9-12,19H2,1H3. The number of benzene rings is 1. The molecule has 2 rings (SSSR count). The van der Waals surface area contributed by atoms with E-state index in [9.17, 15) is 5.11 Å². The van der Waals surface area contributed by atoms with E-state index in [2.05, 4.69) is 52.0 Å². The van der Waals surface area contributed by atoms with Gasteiger partial charge in [-0.1, -0.05) is 35.0 Å². The van der Waals surface area contributed by atoms with Crippen LogP contribution < -0.4 is 5.73 Å². The molecule has 118 valence electrons. The summed E-state index contributed by atoms with van der Waals surface area (Å²) >= 11 is 3.50. The van der Waals surface area contributed by atoms with E-state index >= 15 is 0 Å². The monoisotopic (exact) mass is 354 g/mol. The lowest BCUT2D eigenvalue weighted by molar-refractivity contribution is 0.0930. The molecular weight excluding hydrogens is 328 g/mol. The highest BCUT2D eigenvalue weighted by Crippen LogP contribution is 2.31. The summed E-state index contributed by atoms with van der Waals surface area (Å²) in [6.07, 6.45) is 4.31. The van der Waals surface area contributed by atoms with Crippen LogP contribution in [0, 0.1) is 5.92 Å². The molecule has 21 heavy (non-hydrogen) atoms. The Labute approximate surface area is 136 Å². The van der Waals surface area contributed by atoms with E-state index in [-0.39, 0.29) is 12.1 Å². The Bertz CT molecular complexity index is 421. The van der Waals surface area contributed by atoms with Gasteiger partial charge in [-0.3, -0.25) is 4.90 Å². The first-order chi connectivity index (χ1) is 10.2. The molecule has 3 N–H and O–H groups in total. The van der Waals surface area contributed by atoms with Gasteiger partial charge in [0.25, 0.3) is 0 Å². The summed E-state index contributed by atoms with van der Waals surface area (Å²) in [5, 5.41) is 9.20. The molecule has 0 amide bonds. The van der Waals surface area contributed by atoms with Crippen LogP contribution in [0.2, 0.25) is 0 Å². The second kappa shape index (κ2) is 8.28. The Kier molecular flexibility index (Phi) is 6.68. The summed E-state index contributed by atoms with van der Waals surface area (Å²) in [7, 11) is 0. The molecule has 1 heterocycles. The van der Waals surface area contributed by atoms with Crippen molar-refractivity contribution in [2.75, 3.05) is 19.7 Å². The summed E-state index contributed by atoms with van der Waals surface area (Å²) in [5.74, 6) is 0.603. The van der Waals surface area contributed by atoms with Crippen LogP contribution in [0.1, 0.15) is 44.2 Å². The Morgan fingerprint density at radius 3 is 2.71 bits per heavy atom. The van der Waals surface area contributed by atoms with Gasteiger partial charge < -0.3 is 10.8 Å². The average molecular weight is 355 g/mol. The van der Waals surface area contributed by atoms with Crippen molar-refractivity contribution in [3.05, 3.63) is 34.3 Å². The van der Waals surface area contributed by atoms with Crippen molar-refractivity contribution in [2.24, 2.45) is 11.7 Å². The van der Waals surface area contributed by atoms with Gasteiger partial charge in [-0.2, -0.15) is 0 Å². The van der Waals surface area contributed by atoms with Crippen LogP contribution in [0.15, 0.2) is 28.7 Å². The summed E-state index contributed by atoms with van der Waals surface area (Å²) in [6.45, 7) is 4.61. The van der Waals surface area contributed by atoms with E-state index < -0.39 is 0 Å². The van der Waals surface area contributed by atoms with Crippen LogP contribution in [0.4, 0.5) is 0 Å². The summed E-state index contributed by atoms with van der Waals surface area (Å²) in [6, 6.07) is 8.99. The van der Waals surface area contributed by atoms with Crippen LogP contribution >= 0.6 is 15.9 Å². The molecule has 0 saturated carbocycles. The molecule has 1 fully saturated rings. The number of piperidine rings is 1. The zero-order valence-corrected chi connectivity index (χ0v) is 14.4. The molecule has 0 aromatic heterocycles. The van der Waals surface area contributed by atoms with E-state index in [1.54, 1.807) is 0 Å². The van der Waals surface area contributed by atoms with Gasteiger partial charge in [0.2, 0.25) is 0 Å². The van der Waals surface area contributed by atoms with Gasteiger partial charge in [0.1, 0.15) is 0 Å². The number of hydrogen-bond acceptors (Lipinski definition) is 3. The van der Waals surface area contributed by atoms with Gasteiger partial charge in [0.15, 0.2) is 0 Å². The van der Waals surface area contributed by atoms with Crippen molar-refractivity contribution < 1.29 is 5.11 Å². The molecule has 0 radical (unpaired) electrons. The maximum atomic E-state index is 9.20. The molecule has 1 aliphatic heterocycles. The number of likely N-dealkylation sites (tertiary alicyclic amines) is 1. The fraction of sp³-hybridized carbons (Fsp3) is 0.647. The van der Waals surface area contributed by atoms with Crippen molar-refractivity contribution in [2.45, 2.75) is 44.7 Å². The maximum absolute atomic E-state index is 9.20. The van der Waals surface area contributed by atoms with E-state index in [1.165, 1.54) is 18.4 Å². The lowest BCUT2D eigenvalue weighted by Crippen LogP contribution is -2.45.